The first kappa shape index (κ1) is 24.8. The Morgan fingerprint density at radius 1 is 1.06 bits per heavy atom. The van der Waals surface area contributed by atoms with Gasteiger partial charge in [0.15, 0.2) is 6.10 Å². The quantitative estimate of drug-likeness (QED) is 0.384. The molecule has 4 N–H and O–H groups in total. The minimum atomic E-state index is -1.84. The molecule has 1 aliphatic rings. The van der Waals surface area contributed by atoms with Gasteiger partial charge in [-0.3, -0.25) is 14.7 Å². The first-order valence-electron chi connectivity index (χ1n) is 11.3. The van der Waals surface area contributed by atoms with Gasteiger partial charge in [-0.05, 0) is 55.2 Å². The highest BCUT2D eigenvalue weighted by atomic mass is 35.5. The highest BCUT2D eigenvalue weighted by molar-refractivity contribution is 6.30. The number of aliphatic hydroxyl groups excluding tert-OH is 1. The molecule has 1 fully saturated rings. The lowest BCUT2D eigenvalue weighted by Gasteiger charge is -2.27. The van der Waals surface area contributed by atoms with Crippen molar-refractivity contribution in [2.45, 2.75) is 50.2 Å². The van der Waals surface area contributed by atoms with Gasteiger partial charge in [0.05, 0.1) is 5.69 Å². The van der Waals surface area contributed by atoms with E-state index in [0.29, 0.717) is 16.9 Å². The van der Waals surface area contributed by atoms with Crippen LogP contribution in [0.3, 0.4) is 0 Å². The Kier molecular flexibility index (Phi) is 7.18. The van der Waals surface area contributed by atoms with Crippen molar-refractivity contribution in [3.8, 4) is 0 Å². The fourth-order valence-corrected chi connectivity index (χ4v) is 4.68. The van der Waals surface area contributed by atoms with Crippen LogP contribution in [0.25, 0.3) is 0 Å². The molecule has 1 heterocycles. The Labute approximate surface area is 205 Å². The molecular weight excluding hydrogens is 478 g/mol. The lowest BCUT2D eigenvalue weighted by Crippen LogP contribution is -2.43. The molecule has 2 aromatic carbocycles. The number of benzene rings is 2. The summed E-state index contributed by atoms with van der Waals surface area (Å²) in [5, 5.41) is 23.1. The third kappa shape index (κ3) is 5.36. The second kappa shape index (κ2) is 10.1. The predicted octanol–water partition coefficient (Wildman–Crippen LogP) is 4.38. The van der Waals surface area contributed by atoms with Crippen molar-refractivity contribution >= 4 is 29.2 Å². The van der Waals surface area contributed by atoms with Crippen molar-refractivity contribution in [1.82, 2.24) is 15.5 Å². The Hall–Kier alpha value is -3.30. The zero-order valence-corrected chi connectivity index (χ0v) is 19.7. The Morgan fingerprint density at radius 2 is 1.69 bits per heavy atom. The number of aliphatic hydroxyl groups is 1. The summed E-state index contributed by atoms with van der Waals surface area (Å²) in [7, 11) is 0. The second-order valence-corrected chi connectivity index (χ2v) is 9.22. The lowest BCUT2D eigenvalue weighted by atomic mass is 9.76. The highest BCUT2D eigenvalue weighted by Crippen LogP contribution is 2.46. The molecule has 4 rings (SSSR count). The van der Waals surface area contributed by atoms with Gasteiger partial charge in [0.1, 0.15) is 23.5 Å². The van der Waals surface area contributed by atoms with Gasteiger partial charge in [0.2, 0.25) is 5.91 Å². The summed E-state index contributed by atoms with van der Waals surface area (Å²) in [6.07, 6.45) is 2.10. The van der Waals surface area contributed by atoms with Crippen molar-refractivity contribution in [1.29, 1.82) is 0 Å². The summed E-state index contributed by atoms with van der Waals surface area (Å²) in [5.74, 6) is -3.01. The van der Waals surface area contributed by atoms with Gasteiger partial charge in [-0.15, -0.1) is 0 Å². The molecule has 10 heteroatoms. The molecule has 1 saturated carbocycles. The number of nitrogens with one attached hydrogen (secondary N) is 3. The molecule has 2 atom stereocenters. The maximum Gasteiger partial charge on any atom is 0.254 e. The van der Waals surface area contributed by atoms with Crippen LogP contribution in [-0.2, 0) is 15.0 Å². The highest BCUT2D eigenvalue weighted by Gasteiger charge is 2.39. The van der Waals surface area contributed by atoms with Gasteiger partial charge in [-0.25, -0.2) is 8.78 Å². The van der Waals surface area contributed by atoms with E-state index in [9.17, 15) is 23.5 Å². The van der Waals surface area contributed by atoms with Gasteiger partial charge in [0.25, 0.3) is 5.91 Å². The van der Waals surface area contributed by atoms with Crippen LogP contribution >= 0.6 is 11.6 Å². The Bertz CT molecular complexity index is 1210. The van der Waals surface area contributed by atoms with Crippen molar-refractivity contribution in [2.75, 3.05) is 5.32 Å². The number of nitrogens with zero attached hydrogens (tertiary/aromatic N) is 1. The molecule has 1 aromatic heterocycles. The van der Waals surface area contributed by atoms with Gasteiger partial charge in [-0.2, -0.15) is 5.10 Å². The number of rotatable bonds is 7. The monoisotopic (exact) mass is 502 g/mol. The van der Waals surface area contributed by atoms with Crippen LogP contribution in [0, 0.1) is 11.6 Å². The minimum Gasteiger partial charge on any atom is -0.378 e. The van der Waals surface area contributed by atoms with E-state index >= 15 is 0 Å². The molecule has 0 radical (unpaired) electrons. The zero-order chi connectivity index (χ0) is 25.2. The Balaban J connectivity index is 1.42. The Morgan fingerprint density at radius 3 is 2.31 bits per heavy atom. The molecule has 0 aliphatic heterocycles. The number of aromatic nitrogens is 2. The van der Waals surface area contributed by atoms with E-state index in [1.54, 1.807) is 6.07 Å². The third-order valence-electron chi connectivity index (χ3n) is 6.38. The number of anilines is 1. The van der Waals surface area contributed by atoms with E-state index in [1.807, 2.05) is 24.3 Å². The second-order valence-electron chi connectivity index (χ2n) is 8.79. The van der Waals surface area contributed by atoms with Gasteiger partial charge >= 0.3 is 0 Å². The summed E-state index contributed by atoms with van der Waals surface area (Å²) in [6, 6.07) is 10.8. The van der Waals surface area contributed by atoms with E-state index in [4.69, 9.17) is 11.6 Å². The van der Waals surface area contributed by atoms with Crippen LogP contribution in [0.1, 0.15) is 55.5 Å². The molecule has 0 bridgehead atoms. The molecule has 184 valence electrons. The number of amides is 2. The topological polar surface area (TPSA) is 107 Å². The minimum absolute atomic E-state index is 0.255. The molecule has 0 spiro atoms. The zero-order valence-electron chi connectivity index (χ0n) is 18.9. The summed E-state index contributed by atoms with van der Waals surface area (Å²) in [4.78, 5) is 25.0. The number of hydrogen-bond donors (Lipinski definition) is 4. The maximum atomic E-state index is 13.4. The van der Waals surface area contributed by atoms with E-state index in [2.05, 4.69) is 20.8 Å². The van der Waals surface area contributed by atoms with E-state index in [1.165, 1.54) is 6.92 Å². The number of carbonyl (C=O) groups excluding carboxylic acids is 2. The number of aromatic amines is 1. The maximum absolute atomic E-state index is 13.4. The van der Waals surface area contributed by atoms with Gasteiger partial charge in [-0.1, -0.05) is 36.6 Å². The van der Waals surface area contributed by atoms with Crippen molar-refractivity contribution in [2.24, 2.45) is 0 Å². The SMILES string of the molecule is CC(NC(=O)C(O)c1cc(F)cc(F)c1)C(=O)Nc1cc(C2(c3ccc(Cl)cc3)CCCC2)n[nH]1. The van der Waals surface area contributed by atoms with Crippen LogP contribution in [-0.4, -0.2) is 33.2 Å². The van der Waals surface area contributed by atoms with E-state index < -0.39 is 35.6 Å². The van der Waals surface area contributed by atoms with Crippen LogP contribution in [0.2, 0.25) is 5.02 Å². The number of halogens is 3. The lowest BCUT2D eigenvalue weighted by molar-refractivity contribution is -0.132. The average molecular weight is 503 g/mol. The summed E-state index contributed by atoms with van der Waals surface area (Å²) >= 11 is 6.06. The number of hydrogen-bond acceptors (Lipinski definition) is 4. The average Bonchev–Trinajstić information content (AvgIpc) is 3.49. The van der Waals surface area contributed by atoms with Gasteiger partial charge in [0, 0.05) is 22.6 Å². The molecule has 7 nitrogen and oxygen atoms in total. The molecule has 35 heavy (non-hydrogen) atoms. The fraction of sp³-hybridized carbons (Fsp3) is 0.320. The van der Waals surface area contributed by atoms with E-state index in [-0.39, 0.29) is 11.0 Å². The molecular formula is C25H25ClF2N4O3. The summed E-state index contributed by atoms with van der Waals surface area (Å²) in [6.45, 7) is 1.43. The van der Waals surface area contributed by atoms with Gasteiger partial charge < -0.3 is 15.7 Å². The number of carbonyl (C=O) groups is 2. The fourth-order valence-electron chi connectivity index (χ4n) is 4.55. The van der Waals surface area contributed by atoms with Crippen LogP contribution in [0.5, 0.6) is 0 Å². The number of H-pyrrole nitrogens is 1. The van der Waals surface area contributed by atoms with Crippen LogP contribution in [0.4, 0.5) is 14.6 Å². The third-order valence-corrected chi connectivity index (χ3v) is 6.63. The van der Waals surface area contributed by atoms with E-state index in [0.717, 1.165) is 49.1 Å². The largest absolute Gasteiger partial charge is 0.378 e. The molecule has 2 unspecified atom stereocenters. The van der Waals surface area contributed by atoms with Crippen molar-refractivity contribution < 1.29 is 23.5 Å². The molecule has 1 aliphatic carbocycles. The molecule has 3 aromatic rings. The molecule has 0 saturated heterocycles. The first-order chi connectivity index (χ1) is 16.7. The van der Waals surface area contributed by atoms with Crippen molar-refractivity contribution in [3.05, 3.63) is 82.0 Å². The standard InChI is InChI=1S/C25H25ClF2N4O3/c1-14(29-24(35)22(33)15-10-18(27)12-19(28)11-15)23(34)30-21-13-20(31-32-21)25(8-2-3-9-25)16-4-6-17(26)7-5-16/h4-7,10-14,22,33H,2-3,8-9H2,1H3,(H,29,35)(H2,30,31,32,34). The normalized spacial score (nSPS) is 16.5. The van der Waals surface area contributed by atoms with Crippen LogP contribution in [0.15, 0.2) is 48.5 Å². The van der Waals surface area contributed by atoms with Crippen LogP contribution < -0.4 is 10.6 Å². The summed E-state index contributed by atoms with van der Waals surface area (Å²) < 4.78 is 26.8. The van der Waals surface area contributed by atoms with Crippen molar-refractivity contribution in [3.63, 3.8) is 0 Å². The summed E-state index contributed by atoms with van der Waals surface area (Å²) in [5.41, 5.74) is 1.36. The first-order valence-corrected chi connectivity index (χ1v) is 11.6. The molecule has 2 amide bonds. The smallest absolute Gasteiger partial charge is 0.254 e. The predicted molar refractivity (Wildman–Crippen MR) is 127 cm³/mol.